The van der Waals surface area contributed by atoms with E-state index in [1.54, 1.807) is 31.3 Å². The van der Waals surface area contributed by atoms with Crippen LogP contribution in [-0.4, -0.2) is 34.8 Å². The SMILES string of the molecule is Cn1cnc(Cn2c(=O)c3c(Cl)cc(-c4cc5c(cc4Cl)NC(=O)C5)cc3n(Cc3cc(Cl)c(F)cn3)c2=O)n1. The number of anilines is 1. The molecule has 0 radical (unpaired) electrons. The molecule has 0 saturated carbocycles. The van der Waals surface area contributed by atoms with E-state index in [4.69, 9.17) is 34.8 Å². The van der Waals surface area contributed by atoms with E-state index in [1.165, 1.54) is 21.6 Å². The number of pyridine rings is 1. The first kappa shape index (κ1) is 26.2. The summed E-state index contributed by atoms with van der Waals surface area (Å²) in [5.74, 6) is -0.614. The van der Waals surface area contributed by atoms with Crippen molar-refractivity contribution >= 4 is 57.3 Å². The van der Waals surface area contributed by atoms with E-state index in [9.17, 15) is 18.8 Å². The van der Waals surface area contributed by atoms with Crippen molar-refractivity contribution in [3.05, 3.63) is 102 Å². The molecule has 0 fully saturated rings. The number of amides is 1. The van der Waals surface area contributed by atoms with Gasteiger partial charge < -0.3 is 5.32 Å². The lowest BCUT2D eigenvalue weighted by molar-refractivity contribution is -0.115. The van der Waals surface area contributed by atoms with Crippen molar-refractivity contribution < 1.29 is 9.18 Å². The van der Waals surface area contributed by atoms with Gasteiger partial charge in [0.15, 0.2) is 11.6 Å². The standard InChI is InChI=1S/C26H17Cl3FN7O3/c1-35-11-32-22(34-35)10-37-25(39)24-18(29)3-12(15-2-13-5-23(38)33-20(13)7-16(15)27)4-21(24)36(26(37)40)9-14-6-17(28)19(30)8-31-14/h2-4,6-8,11H,5,9-10H2,1H3,(H,33,38). The lowest BCUT2D eigenvalue weighted by Crippen LogP contribution is -2.41. The zero-order valence-electron chi connectivity index (χ0n) is 20.6. The average molecular weight is 601 g/mol. The Morgan fingerprint density at radius 2 is 1.75 bits per heavy atom. The fraction of sp³-hybridized carbons (Fsp3) is 0.154. The summed E-state index contributed by atoms with van der Waals surface area (Å²) in [6.07, 6.45) is 2.60. The Hall–Kier alpha value is -4.06. The van der Waals surface area contributed by atoms with Crippen LogP contribution >= 0.6 is 34.8 Å². The second-order valence-corrected chi connectivity index (χ2v) is 10.5. The minimum Gasteiger partial charge on any atom is -0.325 e. The molecule has 0 spiro atoms. The first-order valence-corrected chi connectivity index (χ1v) is 13.0. The fourth-order valence-electron chi connectivity index (χ4n) is 4.70. The topological polar surface area (TPSA) is 117 Å². The summed E-state index contributed by atoms with van der Waals surface area (Å²) in [5.41, 5.74) is 1.61. The minimum atomic E-state index is -0.710. The second-order valence-electron chi connectivity index (χ2n) is 9.25. The van der Waals surface area contributed by atoms with Crippen molar-refractivity contribution in [1.82, 2.24) is 28.9 Å². The first-order valence-electron chi connectivity index (χ1n) is 11.8. The van der Waals surface area contributed by atoms with E-state index >= 15 is 0 Å². The molecule has 0 bridgehead atoms. The van der Waals surface area contributed by atoms with Gasteiger partial charge in [-0.2, -0.15) is 5.10 Å². The Morgan fingerprint density at radius 3 is 2.48 bits per heavy atom. The van der Waals surface area contributed by atoms with Gasteiger partial charge in [-0.15, -0.1) is 0 Å². The van der Waals surface area contributed by atoms with Gasteiger partial charge in [0, 0.05) is 18.3 Å². The Balaban J connectivity index is 1.60. The number of carbonyl (C=O) groups excluding carboxylic acids is 1. The summed E-state index contributed by atoms with van der Waals surface area (Å²) in [6, 6.07) is 7.91. The van der Waals surface area contributed by atoms with E-state index < -0.39 is 17.1 Å². The van der Waals surface area contributed by atoms with E-state index in [0.29, 0.717) is 21.8 Å². The number of carbonyl (C=O) groups is 1. The number of hydrogen-bond acceptors (Lipinski definition) is 6. The summed E-state index contributed by atoms with van der Waals surface area (Å²) < 4.78 is 17.5. The quantitative estimate of drug-likeness (QED) is 0.326. The van der Waals surface area contributed by atoms with Crippen molar-refractivity contribution in [1.29, 1.82) is 0 Å². The number of aromatic nitrogens is 6. The summed E-state index contributed by atoms with van der Waals surface area (Å²) >= 11 is 19.2. The highest BCUT2D eigenvalue weighted by Crippen LogP contribution is 2.38. The highest BCUT2D eigenvalue weighted by Gasteiger charge is 2.23. The van der Waals surface area contributed by atoms with Crippen LogP contribution in [0.25, 0.3) is 22.0 Å². The maximum absolute atomic E-state index is 13.8. The molecule has 0 saturated heterocycles. The smallest absolute Gasteiger partial charge is 0.325 e. The molecule has 1 amide bonds. The number of rotatable bonds is 5. The monoisotopic (exact) mass is 599 g/mol. The third kappa shape index (κ3) is 4.55. The van der Waals surface area contributed by atoms with Crippen molar-refractivity contribution in [3.63, 3.8) is 0 Å². The number of fused-ring (bicyclic) bond motifs is 2. The molecule has 202 valence electrons. The van der Waals surface area contributed by atoms with Crippen LogP contribution in [0, 0.1) is 5.82 Å². The molecule has 0 aliphatic carbocycles. The molecule has 3 aromatic heterocycles. The van der Waals surface area contributed by atoms with E-state index in [1.807, 2.05) is 0 Å². The molecule has 1 aliphatic heterocycles. The van der Waals surface area contributed by atoms with Gasteiger partial charge >= 0.3 is 5.69 Å². The number of hydrogen-bond donors (Lipinski definition) is 1. The second kappa shape index (κ2) is 9.84. The van der Waals surface area contributed by atoms with Gasteiger partial charge in [0.2, 0.25) is 5.91 Å². The molecule has 5 aromatic rings. The van der Waals surface area contributed by atoms with Gasteiger partial charge in [0.05, 0.1) is 57.4 Å². The Bertz CT molecular complexity index is 2000. The lowest BCUT2D eigenvalue weighted by atomic mass is 10.00. The lowest BCUT2D eigenvalue weighted by Gasteiger charge is -2.16. The van der Waals surface area contributed by atoms with Crippen LogP contribution in [0.1, 0.15) is 17.1 Å². The number of aryl methyl sites for hydroxylation is 1. The predicted molar refractivity (Wildman–Crippen MR) is 149 cm³/mol. The number of benzene rings is 2. The van der Waals surface area contributed by atoms with Gasteiger partial charge in [-0.1, -0.05) is 34.8 Å². The zero-order valence-corrected chi connectivity index (χ0v) is 22.9. The van der Waals surface area contributed by atoms with Gasteiger partial charge in [-0.3, -0.25) is 28.4 Å². The third-order valence-corrected chi connectivity index (χ3v) is 7.44. The molecule has 14 heteroatoms. The normalized spacial score (nSPS) is 12.7. The van der Waals surface area contributed by atoms with Crippen LogP contribution in [0.4, 0.5) is 10.1 Å². The fourth-order valence-corrected chi connectivity index (χ4v) is 5.45. The van der Waals surface area contributed by atoms with E-state index in [2.05, 4.69) is 20.4 Å². The highest BCUT2D eigenvalue weighted by molar-refractivity contribution is 6.36. The Labute approximate surface area is 239 Å². The predicted octanol–water partition coefficient (Wildman–Crippen LogP) is 4.04. The summed E-state index contributed by atoms with van der Waals surface area (Å²) in [7, 11) is 1.66. The van der Waals surface area contributed by atoms with Crippen molar-refractivity contribution in [3.8, 4) is 11.1 Å². The molecular weight excluding hydrogens is 584 g/mol. The molecule has 1 aliphatic rings. The van der Waals surface area contributed by atoms with Crippen molar-refractivity contribution in [2.75, 3.05) is 5.32 Å². The zero-order chi connectivity index (χ0) is 28.3. The molecular formula is C26H17Cl3FN7O3. The largest absolute Gasteiger partial charge is 0.332 e. The van der Waals surface area contributed by atoms with Crippen molar-refractivity contribution in [2.45, 2.75) is 19.5 Å². The molecule has 0 unspecified atom stereocenters. The maximum atomic E-state index is 13.8. The van der Waals surface area contributed by atoms with Crippen LogP contribution in [-0.2, 0) is 31.4 Å². The Morgan fingerprint density at radius 1 is 0.950 bits per heavy atom. The number of nitrogens with one attached hydrogen (secondary N) is 1. The van der Waals surface area contributed by atoms with Crippen molar-refractivity contribution in [2.24, 2.45) is 7.05 Å². The summed E-state index contributed by atoms with van der Waals surface area (Å²) in [6.45, 7) is -0.358. The molecule has 0 atom stereocenters. The molecule has 6 rings (SSSR count). The van der Waals surface area contributed by atoms with Crippen LogP contribution in [0.15, 0.2) is 52.4 Å². The van der Waals surface area contributed by atoms with Gasteiger partial charge in [0.1, 0.15) is 6.33 Å². The van der Waals surface area contributed by atoms with Gasteiger partial charge in [0.25, 0.3) is 5.56 Å². The van der Waals surface area contributed by atoms with E-state index in [0.717, 1.165) is 16.3 Å². The first-order chi connectivity index (χ1) is 19.1. The summed E-state index contributed by atoms with van der Waals surface area (Å²) in [4.78, 5) is 47.5. The average Bonchev–Trinajstić information content (AvgIpc) is 3.48. The van der Waals surface area contributed by atoms with Crippen LogP contribution < -0.4 is 16.6 Å². The minimum absolute atomic E-state index is 0.0725. The number of halogens is 4. The van der Waals surface area contributed by atoms with Crippen LogP contribution in [0.5, 0.6) is 0 Å². The number of nitrogens with zero attached hydrogens (tertiary/aromatic N) is 6. The molecule has 40 heavy (non-hydrogen) atoms. The third-order valence-electron chi connectivity index (χ3n) is 6.54. The van der Waals surface area contributed by atoms with Crippen LogP contribution in [0.3, 0.4) is 0 Å². The van der Waals surface area contributed by atoms with Gasteiger partial charge in [-0.25, -0.2) is 14.2 Å². The molecule has 10 nitrogen and oxygen atoms in total. The maximum Gasteiger partial charge on any atom is 0.332 e. The van der Waals surface area contributed by atoms with Gasteiger partial charge in [-0.05, 0) is 41.5 Å². The molecule has 1 N–H and O–H groups in total. The molecule has 2 aromatic carbocycles. The highest BCUT2D eigenvalue weighted by atomic mass is 35.5. The summed E-state index contributed by atoms with van der Waals surface area (Å²) in [5, 5.41) is 7.24. The Kier molecular flexibility index (Phi) is 6.44. The van der Waals surface area contributed by atoms with Crippen LogP contribution in [0.2, 0.25) is 15.1 Å². The van der Waals surface area contributed by atoms with E-state index in [-0.39, 0.29) is 57.9 Å². The molecule has 4 heterocycles.